The Labute approximate surface area is 315 Å². The van der Waals surface area contributed by atoms with E-state index in [4.69, 9.17) is 15.0 Å². The Balaban J connectivity index is 1.46. The van der Waals surface area contributed by atoms with Crippen LogP contribution in [0.5, 0.6) is 23.0 Å². The molecular formula is C44H24F4N4O4. The van der Waals surface area contributed by atoms with Crippen molar-refractivity contribution in [3.63, 3.8) is 0 Å². The summed E-state index contributed by atoms with van der Waals surface area (Å²) < 4.78 is 61.1. The molecule has 5 aliphatic rings. The molecule has 8 nitrogen and oxygen atoms in total. The molecule has 0 amide bonds. The number of nitrogens with zero attached hydrogens (tertiary/aromatic N) is 4. The van der Waals surface area contributed by atoms with Crippen LogP contribution in [-0.4, -0.2) is 43.3 Å². The van der Waals surface area contributed by atoms with Gasteiger partial charge < -0.3 is 20.4 Å². The third-order valence-corrected chi connectivity index (χ3v) is 9.45. The van der Waals surface area contributed by atoms with Gasteiger partial charge in [-0.05, 0) is 119 Å². The number of benzene rings is 4. The molecule has 0 aromatic heterocycles. The predicted molar refractivity (Wildman–Crippen MR) is 206 cm³/mol. The van der Waals surface area contributed by atoms with Crippen LogP contribution < -0.4 is 0 Å². The maximum absolute atomic E-state index is 15.4. The molecule has 0 saturated carbocycles. The summed E-state index contributed by atoms with van der Waals surface area (Å²) >= 11 is 0. The molecule has 0 spiro atoms. The van der Waals surface area contributed by atoms with Gasteiger partial charge in [-0.2, -0.15) is 0 Å². The van der Waals surface area contributed by atoms with Crippen molar-refractivity contribution in [2.24, 2.45) is 20.0 Å². The molecule has 0 fully saturated rings. The fourth-order valence-corrected chi connectivity index (χ4v) is 6.86. The first-order valence-electron chi connectivity index (χ1n) is 17.0. The van der Waals surface area contributed by atoms with E-state index >= 15 is 17.6 Å². The smallest absolute Gasteiger partial charge is 0.165 e. The Morgan fingerprint density at radius 3 is 1.38 bits per heavy atom. The minimum atomic E-state index is -0.993. The zero-order valence-corrected chi connectivity index (χ0v) is 28.6. The Kier molecular flexibility index (Phi) is 7.97. The third kappa shape index (κ3) is 5.99. The van der Waals surface area contributed by atoms with Gasteiger partial charge in [-0.3, -0.25) is 0 Å². The number of halogens is 4. The third-order valence-electron chi connectivity index (χ3n) is 9.45. The van der Waals surface area contributed by atoms with E-state index < -0.39 is 46.3 Å². The van der Waals surface area contributed by atoms with Crippen molar-refractivity contribution in [2.45, 2.75) is 0 Å². The van der Waals surface area contributed by atoms with Crippen LogP contribution >= 0.6 is 0 Å². The van der Waals surface area contributed by atoms with Gasteiger partial charge in [0.15, 0.2) is 46.3 Å². The van der Waals surface area contributed by atoms with Gasteiger partial charge in [-0.15, -0.1) is 0 Å². The molecule has 56 heavy (non-hydrogen) atoms. The summed E-state index contributed by atoms with van der Waals surface area (Å²) in [5, 5.41) is 40.8. The Hall–Kier alpha value is -7.60. The Bertz CT molecular complexity index is 2880. The molecule has 0 atom stereocenters. The molecule has 4 aromatic rings. The maximum atomic E-state index is 15.4. The van der Waals surface area contributed by atoms with Crippen LogP contribution in [0, 0.1) is 23.3 Å². The highest BCUT2D eigenvalue weighted by Gasteiger charge is 2.34. The standard InChI is InChI=1S/C44H24F4N4O4/c45-31-13-21(1-9-36(31)53)30-19-29-18-27-6-5-25(49-27)17-26-7-8-28(50-26)20-35-40(22-2-10-37(54)32(46)14-22)41(23-3-11-38(55)33(47)15-23)44(52-35)42(43(30)51-29)24-4-12-39(56)34(48)16-24/h1-20,53-56H. The molecule has 0 radical (unpaired) electrons. The molecular weight excluding hydrogens is 724 g/mol. The summed E-state index contributed by atoms with van der Waals surface area (Å²) in [6.07, 6.45) is 13.8. The average molecular weight is 749 g/mol. The Morgan fingerprint density at radius 2 is 0.839 bits per heavy atom. The average Bonchev–Trinajstić information content (AvgIpc) is 3.98. The molecule has 8 bridgehead atoms. The van der Waals surface area contributed by atoms with Gasteiger partial charge in [0, 0.05) is 22.3 Å². The second-order valence-electron chi connectivity index (χ2n) is 13.1. The van der Waals surface area contributed by atoms with Gasteiger partial charge >= 0.3 is 0 Å². The molecule has 12 heteroatoms. The SMILES string of the molecule is Oc1ccc(C2=CC3=CC4=NC(=CC5=NC(=CC6=NC(=C(c7ccc(O)c(F)c7)C2=N3)C(c2ccc(O)c(F)c2)=C6c2ccc(O)c(F)c2)C=C5)C=C4)cc1F. The van der Waals surface area contributed by atoms with E-state index in [2.05, 4.69) is 4.99 Å². The highest BCUT2D eigenvalue weighted by Crippen LogP contribution is 2.47. The van der Waals surface area contributed by atoms with Crippen LogP contribution in [-0.2, 0) is 0 Å². The van der Waals surface area contributed by atoms with Gasteiger partial charge in [-0.25, -0.2) is 37.5 Å². The largest absolute Gasteiger partial charge is 0.505 e. The van der Waals surface area contributed by atoms with Gasteiger partial charge in [0.2, 0.25) is 0 Å². The highest BCUT2D eigenvalue weighted by molar-refractivity contribution is 6.50. The minimum absolute atomic E-state index is 0.0687. The summed E-state index contributed by atoms with van der Waals surface area (Å²) in [6.45, 7) is 0. The van der Waals surface area contributed by atoms with Crippen molar-refractivity contribution in [1.82, 2.24) is 0 Å². The normalized spacial score (nSPS) is 17.1. The first kappa shape index (κ1) is 34.2. The topological polar surface area (TPSA) is 130 Å². The molecule has 5 aliphatic heterocycles. The maximum Gasteiger partial charge on any atom is 0.165 e. The van der Waals surface area contributed by atoms with Gasteiger partial charge in [-0.1, -0.05) is 24.3 Å². The summed E-state index contributed by atoms with van der Waals surface area (Å²) in [5.74, 6) is -6.35. The number of phenolic OH excluding ortho intramolecular Hbond substituents is 4. The van der Waals surface area contributed by atoms with Crippen molar-refractivity contribution in [2.75, 3.05) is 0 Å². The first-order valence-corrected chi connectivity index (χ1v) is 17.0. The fourth-order valence-electron chi connectivity index (χ4n) is 6.86. The van der Waals surface area contributed by atoms with Crippen LogP contribution in [0.25, 0.3) is 22.3 Å². The molecule has 272 valence electrons. The number of rotatable bonds is 4. The summed E-state index contributed by atoms with van der Waals surface area (Å²) in [4.78, 5) is 19.4. The van der Waals surface area contributed by atoms with Crippen molar-refractivity contribution in [3.05, 3.63) is 190 Å². The number of fused-ring (bicyclic) bond motifs is 4. The van der Waals surface area contributed by atoms with E-state index in [0.29, 0.717) is 34.1 Å². The molecule has 4 aromatic carbocycles. The predicted octanol–water partition coefficient (Wildman–Crippen LogP) is 9.07. The van der Waals surface area contributed by atoms with Crippen LogP contribution in [0.15, 0.2) is 164 Å². The highest BCUT2D eigenvalue weighted by atomic mass is 19.1. The van der Waals surface area contributed by atoms with E-state index in [1.807, 2.05) is 0 Å². The van der Waals surface area contributed by atoms with Crippen molar-refractivity contribution < 1.29 is 38.0 Å². The van der Waals surface area contributed by atoms with E-state index in [1.54, 1.807) is 48.6 Å². The molecule has 9 rings (SSSR count). The molecule has 4 N–H and O–H groups in total. The van der Waals surface area contributed by atoms with E-state index in [9.17, 15) is 20.4 Å². The number of hydrogen-bond donors (Lipinski definition) is 4. The molecule has 0 unspecified atom stereocenters. The number of aromatic hydroxyl groups is 4. The van der Waals surface area contributed by atoms with Crippen molar-refractivity contribution in [3.8, 4) is 23.0 Å². The lowest BCUT2D eigenvalue weighted by Gasteiger charge is -2.18. The minimum Gasteiger partial charge on any atom is -0.505 e. The molecule has 0 saturated heterocycles. The summed E-state index contributed by atoms with van der Waals surface area (Å²) in [7, 11) is 0. The second-order valence-corrected chi connectivity index (χ2v) is 13.1. The van der Waals surface area contributed by atoms with Gasteiger partial charge in [0.1, 0.15) is 0 Å². The summed E-state index contributed by atoms with van der Waals surface area (Å²) in [5.41, 5.74) is 4.52. The monoisotopic (exact) mass is 748 g/mol. The van der Waals surface area contributed by atoms with Crippen LogP contribution in [0.1, 0.15) is 22.3 Å². The number of hydrogen-bond acceptors (Lipinski definition) is 8. The Morgan fingerprint density at radius 1 is 0.393 bits per heavy atom. The fraction of sp³-hybridized carbons (Fsp3) is 0. The second kappa shape index (κ2) is 13.1. The first-order chi connectivity index (χ1) is 27.0. The lowest BCUT2D eigenvalue weighted by atomic mass is 9.85. The number of allylic oxidation sites excluding steroid dienone is 12. The number of phenols is 4. The zero-order chi connectivity index (χ0) is 38.8. The van der Waals surface area contributed by atoms with E-state index in [1.165, 1.54) is 30.3 Å². The van der Waals surface area contributed by atoms with E-state index in [0.717, 1.165) is 42.5 Å². The molecule has 5 heterocycles. The quantitative estimate of drug-likeness (QED) is 0.155. The molecule has 0 aliphatic carbocycles. The zero-order valence-electron chi connectivity index (χ0n) is 28.6. The van der Waals surface area contributed by atoms with E-state index in [-0.39, 0.29) is 56.1 Å². The van der Waals surface area contributed by atoms with Gasteiger partial charge in [0.05, 0.1) is 45.6 Å². The van der Waals surface area contributed by atoms with Crippen molar-refractivity contribution >= 4 is 45.1 Å². The summed E-state index contributed by atoms with van der Waals surface area (Å²) in [6, 6.07) is 14.7. The van der Waals surface area contributed by atoms with Crippen LogP contribution in [0.2, 0.25) is 0 Å². The lowest BCUT2D eigenvalue weighted by molar-refractivity contribution is 0.432. The van der Waals surface area contributed by atoms with Gasteiger partial charge in [0.25, 0.3) is 0 Å². The number of aliphatic imine (C=N–C) groups is 4. The van der Waals surface area contributed by atoms with Crippen LogP contribution in [0.4, 0.5) is 17.6 Å². The lowest BCUT2D eigenvalue weighted by Crippen LogP contribution is -2.07. The van der Waals surface area contributed by atoms with Crippen LogP contribution in [0.3, 0.4) is 0 Å². The van der Waals surface area contributed by atoms with Crippen molar-refractivity contribution in [1.29, 1.82) is 0 Å².